The van der Waals surface area contributed by atoms with Gasteiger partial charge in [-0.05, 0) is 67.7 Å². The van der Waals surface area contributed by atoms with Crippen molar-refractivity contribution in [3.63, 3.8) is 0 Å². The quantitative estimate of drug-likeness (QED) is 0.566. The molecule has 1 aromatic heterocycles. The number of likely N-dealkylation sites (tertiary alicyclic amines) is 1. The largest absolute Gasteiger partial charge is 0.496 e. The molecule has 0 atom stereocenters. The number of methoxy groups -OCH3 is 1. The summed E-state index contributed by atoms with van der Waals surface area (Å²) in [5.74, 6) is 0.894. The molecule has 4 heteroatoms. The zero-order valence-electron chi connectivity index (χ0n) is 14.0. The van der Waals surface area contributed by atoms with Gasteiger partial charge in [0, 0.05) is 22.5 Å². The minimum Gasteiger partial charge on any atom is -0.496 e. The molecular weight excluding hydrogens is 318 g/mol. The van der Waals surface area contributed by atoms with Crippen LogP contribution in [0.3, 0.4) is 0 Å². The fourth-order valence-corrected chi connectivity index (χ4v) is 3.67. The Kier molecular flexibility index (Phi) is 5.83. The molecule has 0 saturated carbocycles. The highest BCUT2D eigenvalue weighted by Gasteiger charge is 2.14. The van der Waals surface area contributed by atoms with Crippen LogP contribution in [-0.4, -0.2) is 30.9 Å². The van der Waals surface area contributed by atoms with Crippen molar-refractivity contribution >= 4 is 23.2 Å². The Morgan fingerprint density at radius 2 is 2.08 bits per heavy atom. The second-order valence-corrected chi connectivity index (χ2v) is 7.06. The van der Waals surface area contributed by atoms with Gasteiger partial charge in [-0.1, -0.05) is 12.5 Å². The van der Waals surface area contributed by atoms with E-state index < -0.39 is 0 Å². The Labute approximate surface area is 147 Å². The van der Waals surface area contributed by atoms with Gasteiger partial charge >= 0.3 is 0 Å². The summed E-state index contributed by atoms with van der Waals surface area (Å²) < 4.78 is 5.49. The number of nitrogens with zero attached hydrogens (tertiary/aromatic N) is 1. The first-order chi connectivity index (χ1) is 11.8. The van der Waals surface area contributed by atoms with Gasteiger partial charge in [0.05, 0.1) is 7.11 Å². The second kappa shape index (κ2) is 8.27. The first-order valence-corrected chi connectivity index (χ1v) is 9.29. The SMILES string of the molecule is COc1ccc(C(=O)/C=C/c2cccs2)cc1CN1CCCCC1. The second-order valence-electron chi connectivity index (χ2n) is 6.08. The van der Waals surface area contributed by atoms with Gasteiger partial charge in [-0.25, -0.2) is 0 Å². The monoisotopic (exact) mass is 341 g/mol. The van der Waals surface area contributed by atoms with Gasteiger partial charge in [0.2, 0.25) is 0 Å². The zero-order chi connectivity index (χ0) is 16.8. The molecule has 1 fully saturated rings. The molecule has 2 heterocycles. The van der Waals surface area contributed by atoms with E-state index in [1.807, 2.05) is 41.8 Å². The maximum Gasteiger partial charge on any atom is 0.185 e. The summed E-state index contributed by atoms with van der Waals surface area (Å²) in [4.78, 5) is 16.0. The Morgan fingerprint density at radius 3 is 2.79 bits per heavy atom. The molecule has 1 aromatic carbocycles. The van der Waals surface area contributed by atoms with Gasteiger partial charge in [0.1, 0.15) is 5.75 Å². The van der Waals surface area contributed by atoms with Crippen molar-refractivity contribution in [3.8, 4) is 5.75 Å². The van der Waals surface area contributed by atoms with Gasteiger partial charge in [-0.2, -0.15) is 0 Å². The number of allylic oxidation sites excluding steroid dienone is 1. The third-order valence-electron chi connectivity index (χ3n) is 4.35. The summed E-state index contributed by atoms with van der Waals surface area (Å²) in [6.07, 6.45) is 7.36. The van der Waals surface area contributed by atoms with Crippen LogP contribution < -0.4 is 4.74 Å². The number of rotatable bonds is 6. The van der Waals surface area contributed by atoms with E-state index >= 15 is 0 Å². The van der Waals surface area contributed by atoms with Crippen LogP contribution in [0.2, 0.25) is 0 Å². The highest BCUT2D eigenvalue weighted by molar-refractivity contribution is 7.10. The summed E-state index contributed by atoms with van der Waals surface area (Å²) in [6.45, 7) is 3.10. The molecule has 0 radical (unpaired) electrons. The first kappa shape index (κ1) is 16.9. The molecule has 0 bridgehead atoms. The number of benzene rings is 1. The minimum atomic E-state index is 0.0333. The third-order valence-corrected chi connectivity index (χ3v) is 5.19. The molecule has 1 saturated heterocycles. The average Bonchev–Trinajstić information content (AvgIpc) is 3.14. The van der Waals surface area contributed by atoms with Crippen molar-refractivity contribution in [3.05, 3.63) is 57.8 Å². The lowest BCUT2D eigenvalue weighted by molar-refractivity contribution is 0.104. The van der Waals surface area contributed by atoms with E-state index in [0.29, 0.717) is 0 Å². The highest BCUT2D eigenvalue weighted by atomic mass is 32.1. The summed E-state index contributed by atoms with van der Waals surface area (Å²) in [6, 6.07) is 9.73. The van der Waals surface area contributed by atoms with Crippen LogP contribution in [0, 0.1) is 0 Å². The van der Waals surface area contributed by atoms with Crippen LogP contribution in [0.5, 0.6) is 5.75 Å². The molecule has 1 aliphatic heterocycles. The molecule has 0 unspecified atom stereocenters. The van der Waals surface area contributed by atoms with Crippen LogP contribution >= 0.6 is 11.3 Å². The van der Waals surface area contributed by atoms with E-state index in [1.165, 1.54) is 19.3 Å². The van der Waals surface area contributed by atoms with Crippen LogP contribution in [0.25, 0.3) is 6.08 Å². The Balaban J connectivity index is 1.76. The first-order valence-electron chi connectivity index (χ1n) is 8.41. The van der Waals surface area contributed by atoms with E-state index in [9.17, 15) is 4.79 Å². The number of carbonyl (C=O) groups excluding carboxylic acids is 1. The van der Waals surface area contributed by atoms with Gasteiger partial charge in [0.25, 0.3) is 0 Å². The molecule has 3 rings (SSSR count). The predicted octanol–water partition coefficient (Wildman–Crippen LogP) is 4.64. The number of thiophene rings is 1. The van der Waals surface area contributed by atoms with E-state index in [4.69, 9.17) is 4.74 Å². The summed E-state index contributed by atoms with van der Waals surface area (Å²) >= 11 is 1.63. The molecule has 1 aliphatic rings. The maximum absolute atomic E-state index is 12.4. The highest BCUT2D eigenvalue weighted by Crippen LogP contribution is 2.24. The Hall–Kier alpha value is -1.91. The van der Waals surface area contributed by atoms with Crippen molar-refractivity contribution in [1.29, 1.82) is 0 Å². The van der Waals surface area contributed by atoms with Crippen LogP contribution in [0.1, 0.15) is 40.1 Å². The third kappa shape index (κ3) is 4.34. The van der Waals surface area contributed by atoms with Crippen molar-refractivity contribution in [1.82, 2.24) is 4.90 Å². The fourth-order valence-electron chi connectivity index (χ4n) is 3.05. The summed E-state index contributed by atoms with van der Waals surface area (Å²) in [5, 5.41) is 2.01. The Bertz CT molecular complexity index is 700. The number of piperidine rings is 1. The standard InChI is InChI=1S/C20H23NO2S/c1-23-20-10-7-16(19(22)9-8-18-6-5-13-24-18)14-17(20)15-21-11-3-2-4-12-21/h5-10,13-14H,2-4,11-12,15H2,1H3/b9-8+. The molecule has 0 amide bonds. The van der Waals surface area contributed by atoms with Gasteiger partial charge in [-0.15, -0.1) is 11.3 Å². The molecule has 0 aliphatic carbocycles. The van der Waals surface area contributed by atoms with Gasteiger partial charge < -0.3 is 4.74 Å². The van der Waals surface area contributed by atoms with Crippen LogP contribution in [0.15, 0.2) is 41.8 Å². The van der Waals surface area contributed by atoms with Crippen LogP contribution in [0.4, 0.5) is 0 Å². The van der Waals surface area contributed by atoms with Crippen molar-refractivity contribution in [2.45, 2.75) is 25.8 Å². The van der Waals surface area contributed by atoms with E-state index in [-0.39, 0.29) is 5.78 Å². The minimum absolute atomic E-state index is 0.0333. The maximum atomic E-state index is 12.4. The number of hydrogen-bond donors (Lipinski definition) is 0. The molecule has 2 aromatic rings. The smallest absolute Gasteiger partial charge is 0.185 e. The lowest BCUT2D eigenvalue weighted by atomic mass is 10.0. The summed E-state index contributed by atoms with van der Waals surface area (Å²) in [5.41, 5.74) is 1.81. The van der Waals surface area contributed by atoms with Crippen molar-refractivity contribution < 1.29 is 9.53 Å². The topological polar surface area (TPSA) is 29.5 Å². The molecule has 0 N–H and O–H groups in total. The normalized spacial score (nSPS) is 15.7. The number of ether oxygens (including phenoxy) is 1. The van der Waals surface area contributed by atoms with E-state index in [1.54, 1.807) is 24.5 Å². The average molecular weight is 341 g/mol. The number of hydrogen-bond acceptors (Lipinski definition) is 4. The lowest BCUT2D eigenvalue weighted by Crippen LogP contribution is -2.29. The molecule has 126 valence electrons. The zero-order valence-corrected chi connectivity index (χ0v) is 14.8. The molecular formula is C20H23NO2S. The number of carbonyl (C=O) groups is 1. The van der Waals surface area contributed by atoms with Gasteiger partial charge in [-0.3, -0.25) is 9.69 Å². The molecule has 0 spiro atoms. The van der Waals surface area contributed by atoms with E-state index in [2.05, 4.69) is 4.90 Å². The molecule has 24 heavy (non-hydrogen) atoms. The van der Waals surface area contributed by atoms with Crippen molar-refractivity contribution in [2.75, 3.05) is 20.2 Å². The van der Waals surface area contributed by atoms with Crippen molar-refractivity contribution in [2.24, 2.45) is 0 Å². The lowest BCUT2D eigenvalue weighted by Gasteiger charge is -2.27. The Morgan fingerprint density at radius 1 is 1.25 bits per heavy atom. The number of ketones is 1. The van der Waals surface area contributed by atoms with E-state index in [0.717, 1.165) is 41.4 Å². The fraction of sp³-hybridized carbons (Fsp3) is 0.350. The predicted molar refractivity (Wildman–Crippen MR) is 99.8 cm³/mol. The van der Waals surface area contributed by atoms with Gasteiger partial charge in [0.15, 0.2) is 5.78 Å². The summed E-state index contributed by atoms with van der Waals surface area (Å²) in [7, 11) is 1.69. The van der Waals surface area contributed by atoms with Crippen LogP contribution in [-0.2, 0) is 6.54 Å². The molecule has 3 nitrogen and oxygen atoms in total.